The molecule has 0 fully saturated rings. The molecule has 0 aliphatic carbocycles. The van der Waals surface area contributed by atoms with Crippen molar-refractivity contribution in [2.24, 2.45) is 4.99 Å². The molecule has 0 amide bonds. The SMILES string of the molecule is CCN(CC)C(CNC(=NC)NCc1ccco1)c1ccccc1. The first kappa shape index (κ1) is 18.1. The molecule has 1 heterocycles. The third-order valence-corrected chi connectivity index (χ3v) is 4.13. The van der Waals surface area contributed by atoms with E-state index < -0.39 is 0 Å². The maximum absolute atomic E-state index is 5.34. The predicted octanol–water partition coefficient (Wildman–Crippen LogP) is 3.03. The number of guanidine groups is 1. The van der Waals surface area contributed by atoms with Crippen molar-refractivity contribution in [1.29, 1.82) is 0 Å². The largest absolute Gasteiger partial charge is 0.467 e. The molecule has 0 radical (unpaired) electrons. The molecular weight excluding hydrogens is 300 g/mol. The van der Waals surface area contributed by atoms with Gasteiger partial charge in [0.25, 0.3) is 0 Å². The molecule has 1 unspecified atom stereocenters. The second kappa shape index (κ2) is 9.78. The fourth-order valence-electron chi connectivity index (χ4n) is 2.80. The summed E-state index contributed by atoms with van der Waals surface area (Å²) in [7, 11) is 1.78. The van der Waals surface area contributed by atoms with E-state index in [1.807, 2.05) is 12.1 Å². The molecule has 0 saturated heterocycles. The fourth-order valence-corrected chi connectivity index (χ4v) is 2.80. The van der Waals surface area contributed by atoms with E-state index in [-0.39, 0.29) is 0 Å². The number of rotatable bonds is 8. The first-order chi connectivity index (χ1) is 11.8. The van der Waals surface area contributed by atoms with Crippen molar-refractivity contribution in [1.82, 2.24) is 15.5 Å². The van der Waals surface area contributed by atoms with Gasteiger partial charge in [-0.05, 0) is 30.8 Å². The molecule has 1 aromatic heterocycles. The van der Waals surface area contributed by atoms with Crippen molar-refractivity contribution < 1.29 is 4.42 Å². The zero-order chi connectivity index (χ0) is 17.2. The predicted molar refractivity (Wildman–Crippen MR) is 99.0 cm³/mol. The Morgan fingerprint density at radius 2 is 1.83 bits per heavy atom. The van der Waals surface area contributed by atoms with Crippen LogP contribution in [-0.4, -0.2) is 37.5 Å². The van der Waals surface area contributed by atoms with Gasteiger partial charge in [0.1, 0.15) is 5.76 Å². The number of benzene rings is 1. The molecule has 2 aromatic rings. The number of hydrogen-bond acceptors (Lipinski definition) is 3. The molecule has 0 bridgehead atoms. The van der Waals surface area contributed by atoms with Gasteiger partial charge in [-0.3, -0.25) is 9.89 Å². The second-order valence-electron chi connectivity index (χ2n) is 5.53. The maximum Gasteiger partial charge on any atom is 0.191 e. The lowest BCUT2D eigenvalue weighted by Crippen LogP contribution is -2.43. The highest BCUT2D eigenvalue weighted by atomic mass is 16.3. The molecule has 0 aliphatic heterocycles. The first-order valence-electron chi connectivity index (χ1n) is 8.54. The van der Waals surface area contributed by atoms with Gasteiger partial charge >= 0.3 is 0 Å². The van der Waals surface area contributed by atoms with Crippen LogP contribution in [0.15, 0.2) is 58.1 Å². The van der Waals surface area contributed by atoms with Gasteiger partial charge in [0, 0.05) is 13.6 Å². The number of furan rings is 1. The Labute approximate surface area is 144 Å². The van der Waals surface area contributed by atoms with E-state index >= 15 is 0 Å². The Balaban J connectivity index is 1.97. The van der Waals surface area contributed by atoms with Gasteiger partial charge in [-0.2, -0.15) is 0 Å². The van der Waals surface area contributed by atoms with Gasteiger partial charge in [-0.25, -0.2) is 0 Å². The van der Waals surface area contributed by atoms with Crippen LogP contribution in [0.2, 0.25) is 0 Å². The average Bonchev–Trinajstić information content (AvgIpc) is 3.15. The fraction of sp³-hybridized carbons (Fsp3) is 0.421. The van der Waals surface area contributed by atoms with E-state index in [2.05, 4.69) is 64.7 Å². The van der Waals surface area contributed by atoms with Crippen LogP contribution in [0.4, 0.5) is 0 Å². The normalized spacial score (nSPS) is 13.1. The van der Waals surface area contributed by atoms with Crippen LogP contribution in [0.1, 0.15) is 31.2 Å². The van der Waals surface area contributed by atoms with E-state index in [0.29, 0.717) is 12.6 Å². The Bertz CT molecular complexity index is 591. The molecule has 5 nitrogen and oxygen atoms in total. The molecule has 2 N–H and O–H groups in total. The van der Waals surface area contributed by atoms with Gasteiger partial charge in [0.15, 0.2) is 5.96 Å². The van der Waals surface area contributed by atoms with E-state index in [1.165, 1.54) is 5.56 Å². The van der Waals surface area contributed by atoms with Gasteiger partial charge in [-0.15, -0.1) is 0 Å². The number of aliphatic imine (C=N–C) groups is 1. The monoisotopic (exact) mass is 328 g/mol. The van der Waals surface area contributed by atoms with Crippen molar-refractivity contribution in [3.8, 4) is 0 Å². The van der Waals surface area contributed by atoms with E-state index in [0.717, 1.165) is 31.4 Å². The summed E-state index contributed by atoms with van der Waals surface area (Å²) >= 11 is 0. The number of nitrogens with zero attached hydrogens (tertiary/aromatic N) is 2. The molecule has 5 heteroatoms. The highest BCUT2D eigenvalue weighted by Gasteiger charge is 2.18. The van der Waals surface area contributed by atoms with E-state index in [1.54, 1.807) is 13.3 Å². The van der Waals surface area contributed by atoms with Crippen molar-refractivity contribution >= 4 is 5.96 Å². The summed E-state index contributed by atoms with van der Waals surface area (Å²) in [5, 5.41) is 6.72. The average molecular weight is 328 g/mol. The van der Waals surface area contributed by atoms with Crippen molar-refractivity contribution in [2.45, 2.75) is 26.4 Å². The topological polar surface area (TPSA) is 52.8 Å². The number of likely N-dealkylation sites (N-methyl/N-ethyl adjacent to an activating group) is 1. The lowest BCUT2D eigenvalue weighted by atomic mass is 10.1. The lowest BCUT2D eigenvalue weighted by molar-refractivity contribution is 0.219. The van der Waals surface area contributed by atoms with Gasteiger partial charge < -0.3 is 15.1 Å². The Hall–Kier alpha value is -2.27. The molecule has 1 atom stereocenters. The summed E-state index contributed by atoms with van der Waals surface area (Å²) in [5.41, 5.74) is 1.31. The summed E-state index contributed by atoms with van der Waals surface area (Å²) < 4.78 is 5.34. The zero-order valence-corrected chi connectivity index (χ0v) is 14.8. The van der Waals surface area contributed by atoms with Crippen LogP contribution in [0.25, 0.3) is 0 Å². The second-order valence-corrected chi connectivity index (χ2v) is 5.53. The summed E-state index contributed by atoms with van der Waals surface area (Å²) in [4.78, 5) is 6.74. The maximum atomic E-state index is 5.34. The quantitative estimate of drug-likeness (QED) is 0.578. The molecule has 0 spiro atoms. The van der Waals surface area contributed by atoms with Crippen LogP contribution >= 0.6 is 0 Å². The first-order valence-corrected chi connectivity index (χ1v) is 8.54. The van der Waals surface area contributed by atoms with Crippen LogP contribution in [0, 0.1) is 0 Å². The van der Waals surface area contributed by atoms with Gasteiger partial charge in [0.2, 0.25) is 0 Å². The molecule has 1 aromatic carbocycles. The van der Waals surface area contributed by atoms with Crippen molar-refractivity contribution in [3.05, 3.63) is 60.1 Å². The molecular formula is C19H28N4O. The lowest BCUT2D eigenvalue weighted by Gasteiger charge is -2.30. The highest BCUT2D eigenvalue weighted by molar-refractivity contribution is 5.79. The van der Waals surface area contributed by atoms with Crippen LogP contribution in [0.5, 0.6) is 0 Å². The standard InChI is InChI=1S/C19H28N4O/c1-4-23(5-2)18(16-10-7-6-8-11-16)15-22-19(20-3)21-14-17-12-9-13-24-17/h6-13,18H,4-5,14-15H2,1-3H3,(H2,20,21,22). The minimum Gasteiger partial charge on any atom is -0.467 e. The van der Waals surface area contributed by atoms with Crippen LogP contribution in [0.3, 0.4) is 0 Å². The van der Waals surface area contributed by atoms with Crippen molar-refractivity contribution in [3.63, 3.8) is 0 Å². The Kier molecular flexibility index (Phi) is 7.36. The molecule has 24 heavy (non-hydrogen) atoms. The smallest absolute Gasteiger partial charge is 0.191 e. The van der Waals surface area contributed by atoms with Crippen LogP contribution in [-0.2, 0) is 6.54 Å². The van der Waals surface area contributed by atoms with Gasteiger partial charge in [-0.1, -0.05) is 44.2 Å². The molecule has 0 saturated carbocycles. The summed E-state index contributed by atoms with van der Waals surface area (Å²) in [6.07, 6.45) is 1.68. The highest BCUT2D eigenvalue weighted by Crippen LogP contribution is 2.19. The Morgan fingerprint density at radius 1 is 1.08 bits per heavy atom. The van der Waals surface area contributed by atoms with Gasteiger partial charge in [0.05, 0.1) is 18.8 Å². The molecule has 0 aliphatic rings. The third-order valence-electron chi connectivity index (χ3n) is 4.13. The van der Waals surface area contributed by atoms with Crippen LogP contribution < -0.4 is 10.6 Å². The Morgan fingerprint density at radius 3 is 2.42 bits per heavy atom. The third kappa shape index (κ3) is 5.13. The zero-order valence-electron chi connectivity index (χ0n) is 14.8. The summed E-state index contributed by atoms with van der Waals surface area (Å²) in [6, 6.07) is 14.8. The summed E-state index contributed by atoms with van der Waals surface area (Å²) in [6.45, 7) is 7.83. The number of hydrogen-bond donors (Lipinski definition) is 2. The molecule has 130 valence electrons. The number of nitrogens with one attached hydrogen (secondary N) is 2. The summed E-state index contributed by atoms with van der Waals surface area (Å²) in [5.74, 6) is 1.67. The minimum absolute atomic E-state index is 0.309. The minimum atomic E-state index is 0.309. The molecule has 2 rings (SSSR count). The van der Waals surface area contributed by atoms with Crippen molar-refractivity contribution in [2.75, 3.05) is 26.7 Å². The van der Waals surface area contributed by atoms with E-state index in [9.17, 15) is 0 Å². The van der Waals surface area contributed by atoms with E-state index in [4.69, 9.17) is 4.42 Å².